The number of carbonyl (C=O) groups is 1. The first kappa shape index (κ1) is 14.5. The lowest BCUT2D eigenvalue weighted by Gasteiger charge is -2.32. The first-order valence-electron chi connectivity index (χ1n) is 7.36. The summed E-state index contributed by atoms with van der Waals surface area (Å²) in [5.74, 6) is -0.163. The van der Waals surface area contributed by atoms with Crippen LogP contribution in [0.25, 0.3) is 0 Å². The highest BCUT2D eigenvalue weighted by Gasteiger charge is 2.33. The van der Waals surface area contributed by atoms with Crippen LogP contribution >= 0.6 is 0 Å². The van der Waals surface area contributed by atoms with E-state index in [9.17, 15) is 13.6 Å². The number of nitrogens with zero attached hydrogens (tertiary/aromatic N) is 2. The second-order valence-electron chi connectivity index (χ2n) is 5.88. The Labute approximate surface area is 122 Å². The van der Waals surface area contributed by atoms with E-state index in [2.05, 4.69) is 4.57 Å². The normalized spacial score (nSPS) is 22.9. The standard InChI is InChI=1S/C15H20F2N2O2/c1-9-7-12(10(2)19(9)11-3-4-11)15(20)18-5-6-21-13(8-18)14(16)17/h7,11,13-14H,3-6,8H2,1-2H3. The summed E-state index contributed by atoms with van der Waals surface area (Å²) in [6.07, 6.45) is -1.43. The Balaban J connectivity index is 1.80. The first-order valence-corrected chi connectivity index (χ1v) is 7.36. The Morgan fingerprint density at radius 1 is 1.38 bits per heavy atom. The predicted octanol–water partition coefficient (Wildman–Crippen LogP) is 2.55. The number of aryl methyl sites for hydroxylation is 1. The number of alkyl halides is 2. The molecule has 2 heterocycles. The fourth-order valence-electron chi connectivity index (χ4n) is 3.07. The number of hydrogen-bond donors (Lipinski definition) is 0. The molecule has 1 aliphatic carbocycles. The van der Waals surface area contributed by atoms with Gasteiger partial charge in [0, 0.05) is 24.0 Å². The molecule has 21 heavy (non-hydrogen) atoms. The molecule has 1 saturated carbocycles. The molecule has 1 aromatic rings. The van der Waals surface area contributed by atoms with Gasteiger partial charge in [-0.25, -0.2) is 8.78 Å². The molecule has 1 aliphatic heterocycles. The zero-order valence-corrected chi connectivity index (χ0v) is 12.3. The minimum absolute atomic E-state index is 0.0381. The van der Waals surface area contributed by atoms with Crippen LogP contribution in [0.1, 0.15) is 40.6 Å². The van der Waals surface area contributed by atoms with Crippen molar-refractivity contribution >= 4 is 5.91 Å². The summed E-state index contributed by atoms with van der Waals surface area (Å²) in [4.78, 5) is 14.1. The summed E-state index contributed by atoms with van der Waals surface area (Å²) in [5.41, 5.74) is 2.64. The Morgan fingerprint density at radius 2 is 2.10 bits per heavy atom. The van der Waals surface area contributed by atoms with Crippen LogP contribution in [-0.2, 0) is 4.74 Å². The van der Waals surface area contributed by atoms with Crippen molar-refractivity contribution < 1.29 is 18.3 Å². The van der Waals surface area contributed by atoms with Gasteiger partial charge in [-0.2, -0.15) is 0 Å². The first-order chi connectivity index (χ1) is 9.99. The smallest absolute Gasteiger partial charge is 0.266 e. The van der Waals surface area contributed by atoms with Gasteiger partial charge in [0.2, 0.25) is 0 Å². The number of hydrogen-bond acceptors (Lipinski definition) is 2. The van der Waals surface area contributed by atoms with Crippen LogP contribution in [0.2, 0.25) is 0 Å². The van der Waals surface area contributed by atoms with Crippen molar-refractivity contribution in [1.29, 1.82) is 0 Å². The molecule has 0 aromatic carbocycles. The summed E-state index contributed by atoms with van der Waals surface area (Å²) < 4.78 is 32.7. The molecule has 2 fully saturated rings. The van der Waals surface area contributed by atoms with Crippen molar-refractivity contribution in [2.24, 2.45) is 0 Å². The Bertz CT molecular complexity index is 552. The van der Waals surface area contributed by atoms with E-state index in [1.807, 2.05) is 19.9 Å². The van der Waals surface area contributed by atoms with Crippen molar-refractivity contribution in [3.63, 3.8) is 0 Å². The van der Waals surface area contributed by atoms with Gasteiger partial charge < -0.3 is 14.2 Å². The summed E-state index contributed by atoms with van der Waals surface area (Å²) >= 11 is 0. The van der Waals surface area contributed by atoms with Gasteiger partial charge in [0.15, 0.2) is 0 Å². The van der Waals surface area contributed by atoms with Crippen LogP contribution in [-0.4, -0.2) is 47.6 Å². The minimum atomic E-state index is -2.56. The van der Waals surface area contributed by atoms with Crippen molar-refractivity contribution in [2.45, 2.75) is 45.3 Å². The molecule has 1 atom stereocenters. The van der Waals surface area contributed by atoms with Crippen LogP contribution in [0.5, 0.6) is 0 Å². The van der Waals surface area contributed by atoms with E-state index in [-0.39, 0.29) is 19.1 Å². The fourth-order valence-corrected chi connectivity index (χ4v) is 3.07. The molecule has 0 spiro atoms. The van der Waals surface area contributed by atoms with Crippen molar-refractivity contribution in [2.75, 3.05) is 19.7 Å². The highest BCUT2D eigenvalue weighted by molar-refractivity contribution is 5.95. The predicted molar refractivity (Wildman–Crippen MR) is 73.8 cm³/mol. The summed E-state index contributed by atoms with van der Waals surface area (Å²) in [6, 6.07) is 2.38. The Morgan fingerprint density at radius 3 is 2.71 bits per heavy atom. The van der Waals surface area contributed by atoms with Crippen LogP contribution in [0.3, 0.4) is 0 Å². The molecule has 0 bridgehead atoms. The van der Waals surface area contributed by atoms with Gasteiger partial charge in [0.05, 0.1) is 18.7 Å². The average molecular weight is 298 g/mol. The molecule has 3 rings (SSSR count). The molecular weight excluding hydrogens is 278 g/mol. The van der Waals surface area contributed by atoms with E-state index >= 15 is 0 Å². The zero-order chi connectivity index (χ0) is 15.1. The lowest BCUT2D eigenvalue weighted by atomic mass is 10.2. The van der Waals surface area contributed by atoms with E-state index in [1.54, 1.807) is 0 Å². The second-order valence-corrected chi connectivity index (χ2v) is 5.88. The highest BCUT2D eigenvalue weighted by atomic mass is 19.3. The molecule has 0 radical (unpaired) electrons. The van der Waals surface area contributed by atoms with Crippen LogP contribution in [0.15, 0.2) is 6.07 Å². The third-order valence-corrected chi connectivity index (χ3v) is 4.29. The largest absolute Gasteiger partial charge is 0.369 e. The molecule has 6 heteroatoms. The fraction of sp³-hybridized carbons (Fsp3) is 0.667. The lowest BCUT2D eigenvalue weighted by Crippen LogP contribution is -2.48. The van der Waals surface area contributed by atoms with E-state index in [1.165, 1.54) is 4.90 Å². The number of amides is 1. The Hall–Kier alpha value is -1.43. The molecule has 1 aromatic heterocycles. The topological polar surface area (TPSA) is 34.5 Å². The number of aromatic nitrogens is 1. The average Bonchev–Trinajstić information content (AvgIpc) is 3.24. The number of halogens is 2. The van der Waals surface area contributed by atoms with Gasteiger partial charge in [-0.15, -0.1) is 0 Å². The lowest BCUT2D eigenvalue weighted by molar-refractivity contribution is -0.0943. The van der Waals surface area contributed by atoms with E-state index in [0.717, 1.165) is 24.2 Å². The zero-order valence-electron chi connectivity index (χ0n) is 12.3. The van der Waals surface area contributed by atoms with Gasteiger partial charge in [-0.3, -0.25) is 4.79 Å². The van der Waals surface area contributed by atoms with Crippen LogP contribution in [0, 0.1) is 13.8 Å². The highest BCUT2D eigenvalue weighted by Crippen LogP contribution is 2.38. The molecule has 2 aliphatic rings. The van der Waals surface area contributed by atoms with Crippen LogP contribution in [0.4, 0.5) is 8.78 Å². The Kier molecular flexibility index (Phi) is 3.73. The van der Waals surface area contributed by atoms with Gasteiger partial charge in [0.1, 0.15) is 6.10 Å². The van der Waals surface area contributed by atoms with Crippen molar-refractivity contribution in [3.05, 3.63) is 23.0 Å². The minimum Gasteiger partial charge on any atom is -0.369 e. The van der Waals surface area contributed by atoms with Gasteiger partial charge in [-0.05, 0) is 32.8 Å². The maximum atomic E-state index is 12.8. The molecular formula is C15H20F2N2O2. The maximum Gasteiger partial charge on any atom is 0.266 e. The maximum absolute atomic E-state index is 12.8. The third kappa shape index (κ3) is 2.69. The van der Waals surface area contributed by atoms with Gasteiger partial charge >= 0.3 is 0 Å². The van der Waals surface area contributed by atoms with Crippen molar-refractivity contribution in [3.8, 4) is 0 Å². The number of ether oxygens (including phenoxy) is 1. The number of rotatable bonds is 3. The molecule has 4 nitrogen and oxygen atoms in total. The molecule has 1 amide bonds. The third-order valence-electron chi connectivity index (χ3n) is 4.29. The number of morpholine rings is 1. The quantitative estimate of drug-likeness (QED) is 0.859. The molecule has 1 saturated heterocycles. The van der Waals surface area contributed by atoms with E-state index in [0.29, 0.717) is 18.2 Å². The monoisotopic (exact) mass is 298 g/mol. The van der Waals surface area contributed by atoms with E-state index in [4.69, 9.17) is 4.74 Å². The molecule has 0 N–H and O–H groups in total. The summed E-state index contributed by atoms with van der Waals surface area (Å²) in [7, 11) is 0. The van der Waals surface area contributed by atoms with Gasteiger partial charge in [-0.1, -0.05) is 0 Å². The summed E-state index contributed by atoms with van der Waals surface area (Å²) in [5, 5.41) is 0. The summed E-state index contributed by atoms with van der Waals surface area (Å²) in [6.45, 7) is 4.42. The van der Waals surface area contributed by atoms with E-state index < -0.39 is 12.5 Å². The second kappa shape index (κ2) is 5.40. The number of carbonyl (C=O) groups excluding carboxylic acids is 1. The molecule has 1 unspecified atom stereocenters. The molecule has 116 valence electrons. The van der Waals surface area contributed by atoms with Gasteiger partial charge in [0.25, 0.3) is 12.3 Å². The van der Waals surface area contributed by atoms with Crippen LogP contribution < -0.4 is 0 Å². The SMILES string of the molecule is Cc1cc(C(=O)N2CCOC(C(F)F)C2)c(C)n1C1CC1. The van der Waals surface area contributed by atoms with Crippen molar-refractivity contribution in [1.82, 2.24) is 9.47 Å².